The zero-order valence-electron chi connectivity index (χ0n) is 23.6. The lowest BCUT2D eigenvalue weighted by atomic mass is 9.90. The smallest absolute Gasteiger partial charge is 0.460 e. The molecule has 2 N–H and O–H groups in total. The standard InChI is InChI=1S/C24H8F26O3/c25-13(26,15(29,30)17(33,34)19(37,38)21(41,42)23(45,46)47)9-5-7(1-3-11(9)51)53-8-2-4-12(52)10(6-8)14(27,28)16(31,32)18(35,36)20(39,40)22(43,44)24(48,49)50/h1-6,51-52H. The van der Waals surface area contributed by atoms with Gasteiger partial charge in [-0.15, -0.1) is 0 Å². The molecule has 0 aliphatic carbocycles. The summed E-state index contributed by atoms with van der Waals surface area (Å²) in [5.74, 6) is -89.2. The molecule has 0 amide bonds. The summed E-state index contributed by atoms with van der Waals surface area (Å²) in [6, 6.07) is -2.86. The van der Waals surface area contributed by atoms with Crippen LogP contribution in [0.2, 0.25) is 0 Å². The van der Waals surface area contributed by atoms with E-state index in [-0.39, 0.29) is 12.1 Å². The Bertz CT molecular complexity index is 1550. The number of alkyl halides is 26. The summed E-state index contributed by atoms with van der Waals surface area (Å²) in [5.41, 5.74) is -6.34. The van der Waals surface area contributed by atoms with Crippen molar-refractivity contribution in [1.29, 1.82) is 0 Å². The van der Waals surface area contributed by atoms with Crippen LogP contribution in [0.4, 0.5) is 114 Å². The van der Waals surface area contributed by atoms with Crippen LogP contribution in [0.5, 0.6) is 23.0 Å². The molecule has 0 aromatic heterocycles. The Balaban J connectivity index is 2.69. The molecule has 0 aliphatic heterocycles. The normalized spacial score (nSPS) is 15.5. The van der Waals surface area contributed by atoms with E-state index in [9.17, 15) is 124 Å². The van der Waals surface area contributed by atoms with Crippen molar-refractivity contribution in [2.75, 3.05) is 0 Å². The first-order chi connectivity index (χ1) is 23.0. The van der Waals surface area contributed by atoms with E-state index in [4.69, 9.17) is 0 Å². The molecule has 0 heterocycles. The van der Waals surface area contributed by atoms with Gasteiger partial charge >= 0.3 is 71.6 Å². The van der Waals surface area contributed by atoms with E-state index in [1.165, 1.54) is 0 Å². The molecular formula is C24H8F26O3. The number of rotatable bonds is 12. The highest BCUT2D eigenvalue weighted by molar-refractivity contribution is 5.48. The molecule has 0 bridgehead atoms. The van der Waals surface area contributed by atoms with Crippen molar-refractivity contribution in [3.63, 3.8) is 0 Å². The van der Waals surface area contributed by atoms with E-state index in [0.717, 1.165) is 0 Å². The Kier molecular flexibility index (Phi) is 10.5. The molecule has 2 aromatic rings. The average molecular weight is 838 g/mol. The molecule has 3 nitrogen and oxygen atoms in total. The molecule has 0 aliphatic rings. The predicted molar refractivity (Wildman–Crippen MR) is 116 cm³/mol. The number of benzene rings is 2. The van der Waals surface area contributed by atoms with Gasteiger partial charge in [-0.25, -0.2) is 0 Å². The van der Waals surface area contributed by atoms with Crippen molar-refractivity contribution in [1.82, 2.24) is 0 Å². The van der Waals surface area contributed by atoms with Crippen LogP contribution in [0.1, 0.15) is 11.1 Å². The molecule has 0 spiro atoms. The van der Waals surface area contributed by atoms with Crippen LogP contribution < -0.4 is 4.74 Å². The van der Waals surface area contributed by atoms with Crippen molar-refractivity contribution >= 4 is 0 Å². The van der Waals surface area contributed by atoms with Crippen LogP contribution in [0.25, 0.3) is 0 Å². The minimum Gasteiger partial charge on any atom is -0.507 e. The Morgan fingerprint density at radius 1 is 0.321 bits per heavy atom. The van der Waals surface area contributed by atoms with Gasteiger partial charge in [0.15, 0.2) is 0 Å². The van der Waals surface area contributed by atoms with Crippen molar-refractivity contribution < 1.29 is 129 Å². The molecule has 0 radical (unpaired) electrons. The molecule has 0 atom stereocenters. The first kappa shape index (κ1) is 45.2. The average Bonchev–Trinajstić information content (AvgIpc) is 2.96. The monoisotopic (exact) mass is 838 g/mol. The lowest BCUT2D eigenvalue weighted by molar-refractivity contribution is -0.441. The quantitative estimate of drug-likeness (QED) is 0.209. The Hall–Kier alpha value is -3.98. The zero-order chi connectivity index (χ0) is 42.4. The summed E-state index contributed by atoms with van der Waals surface area (Å²) in [4.78, 5) is 0. The molecule has 304 valence electrons. The lowest BCUT2D eigenvalue weighted by Gasteiger charge is -2.40. The van der Waals surface area contributed by atoms with Crippen molar-refractivity contribution in [2.45, 2.75) is 71.6 Å². The molecule has 0 saturated heterocycles. The first-order valence-electron chi connectivity index (χ1n) is 12.2. The van der Waals surface area contributed by atoms with Gasteiger partial charge in [-0.2, -0.15) is 114 Å². The maximum Gasteiger partial charge on any atom is 0.460 e. The fraction of sp³-hybridized carbons (Fsp3) is 0.500. The number of hydrogen-bond donors (Lipinski definition) is 2. The molecular weight excluding hydrogens is 830 g/mol. The van der Waals surface area contributed by atoms with Crippen LogP contribution in [-0.2, 0) is 11.8 Å². The van der Waals surface area contributed by atoms with Gasteiger partial charge in [-0.1, -0.05) is 0 Å². The van der Waals surface area contributed by atoms with Gasteiger partial charge in [-0.3, -0.25) is 0 Å². The van der Waals surface area contributed by atoms with Crippen LogP contribution in [-0.4, -0.2) is 69.9 Å². The number of aromatic hydroxyl groups is 2. The van der Waals surface area contributed by atoms with Crippen molar-refractivity contribution in [3.8, 4) is 23.0 Å². The molecule has 2 rings (SSSR count). The van der Waals surface area contributed by atoms with E-state index in [1.807, 2.05) is 0 Å². The van der Waals surface area contributed by atoms with Crippen LogP contribution >= 0.6 is 0 Å². The van der Waals surface area contributed by atoms with Gasteiger partial charge in [0.2, 0.25) is 0 Å². The predicted octanol–water partition coefficient (Wildman–Crippen LogP) is 11.3. The topological polar surface area (TPSA) is 49.7 Å². The van der Waals surface area contributed by atoms with Crippen LogP contribution in [0.15, 0.2) is 36.4 Å². The number of halogens is 26. The van der Waals surface area contributed by atoms with Crippen LogP contribution in [0.3, 0.4) is 0 Å². The third-order valence-corrected chi connectivity index (χ3v) is 6.72. The Morgan fingerprint density at radius 2 is 0.547 bits per heavy atom. The summed E-state index contributed by atoms with van der Waals surface area (Å²) < 4.78 is 356. The summed E-state index contributed by atoms with van der Waals surface area (Å²) in [7, 11) is 0. The van der Waals surface area contributed by atoms with Crippen LogP contribution in [0, 0.1) is 0 Å². The molecule has 0 saturated carbocycles. The lowest BCUT2D eigenvalue weighted by Crippen LogP contribution is -2.69. The van der Waals surface area contributed by atoms with Gasteiger partial charge in [-0.05, 0) is 36.4 Å². The number of hydrogen-bond acceptors (Lipinski definition) is 3. The third-order valence-electron chi connectivity index (χ3n) is 6.72. The number of phenols is 2. The van der Waals surface area contributed by atoms with Crippen molar-refractivity contribution in [3.05, 3.63) is 47.5 Å². The van der Waals surface area contributed by atoms with E-state index >= 15 is 0 Å². The van der Waals surface area contributed by atoms with Gasteiger partial charge in [0.1, 0.15) is 23.0 Å². The van der Waals surface area contributed by atoms with E-state index in [2.05, 4.69) is 4.74 Å². The van der Waals surface area contributed by atoms with E-state index in [1.54, 1.807) is 0 Å². The highest BCUT2D eigenvalue weighted by Crippen LogP contribution is 2.64. The minimum absolute atomic E-state index is 0.0786. The summed E-state index contributed by atoms with van der Waals surface area (Å²) in [6.07, 6.45) is -15.6. The second-order valence-electron chi connectivity index (χ2n) is 10.2. The Morgan fingerprint density at radius 3 is 0.774 bits per heavy atom. The molecule has 29 heteroatoms. The zero-order valence-corrected chi connectivity index (χ0v) is 23.6. The highest BCUT2D eigenvalue weighted by atomic mass is 19.4. The maximum absolute atomic E-state index is 14.6. The van der Waals surface area contributed by atoms with Gasteiger partial charge in [0, 0.05) is 0 Å². The molecule has 0 unspecified atom stereocenters. The third kappa shape index (κ3) is 6.21. The summed E-state index contributed by atoms with van der Waals surface area (Å²) in [5, 5.41) is 19.0. The largest absolute Gasteiger partial charge is 0.507 e. The van der Waals surface area contributed by atoms with E-state index < -0.39 is 130 Å². The minimum atomic E-state index is -8.42. The fourth-order valence-corrected chi connectivity index (χ4v) is 3.67. The van der Waals surface area contributed by atoms with Crippen molar-refractivity contribution in [2.24, 2.45) is 0 Å². The molecule has 2 aromatic carbocycles. The maximum atomic E-state index is 14.6. The van der Waals surface area contributed by atoms with Gasteiger partial charge in [0.05, 0.1) is 11.1 Å². The van der Waals surface area contributed by atoms with Gasteiger partial charge < -0.3 is 14.9 Å². The van der Waals surface area contributed by atoms with E-state index in [0.29, 0.717) is 0 Å². The second-order valence-corrected chi connectivity index (χ2v) is 10.2. The summed E-state index contributed by atoms with van der Waals surface area (Å²) in [6.45, 7) is 0. The fourth-order valence-electron chi connectivity index (χ4n) is 3.67. The SMILES string of the molecule is Oc1ccc(Oc2ccc(O)c(C(F)(F)C(F)(F)C(F)(F)C(F)(F)C(F)(F)C(F)(F)F)c2)cc1C(F)(F)C(F)(F)C(F)(F)C(F)(F)C(F)(F)C(F)(F)F. The molecule has 53 heavy (non-hydrogen) atoms. The second kappa shape index (κ2) is 12.3. The summed E-state index contributed by atoms with van der Waals surface area (Å²) >= 11 is 0. The highest BCUT2D eigenvalue weighted by Gasteiger charge is 2.92. The van der Waals surface area contributed by atoms with Gasteiger partial charge in [0.25, 0.3) is 0 Å². The Labute approximate surface area is 272 Å². The number of phenolic OH excluding ortho intramolecular Hbond substituents is 2. The first-order valence-corrected chi connectivity index (χ1v) is 12.2. The molecule has 0 fully saturated rings. The number of ether oxygens (including phenoxy) is 1.